The van der Waals surface area contributed by atoms with Crippen LogP contribution in [-0.2, 0) is 12.6 Å². The van der Waals surface area contributed by atoms with Crippen LogP contribution < -0.4 is 5.32 Å². The van der Waals surface area contributed by atoms with Crippen LogP contribution >= 0.6 is 0 Å². The van der Waals surface area contributed by atoms with Gasteiger partial charge in [-0.05, 0) is 36.5 Å². The van der Waals surface area contributed by atoms with Crippen molar-refractivity contribution in [3.63, 3.8) is 0 Å². The van der Waals surface area contributed by atoms with Gasteiger partial charge in [-0.1, -0.05) is 24.3 Å². The van der Waals surface area contributed by atoms with E-state index in [1.807, 2.05) is 18.2 Å². The molecule has 0 amide bonds. The normalized spacial score (nSPS) is 15.9. The Bertz CT molecular complexity index is 1350. The number of hydrogen-bond donors (Lipinski definition) is 2. The summed E-state index contributed by atoms with van der Waals surface area (Å²) in [5, 5.41) is 13.1. The van der Waals surface area contributed by atoms with E-state index in [0.717, 1.165) is 31.5 Å². The Morgan fingerprint density at radius 3 is 2.81 bits per heavy atom. The van der Waals surface area contributed by atoms with Crippen molar-refractivity contribution in [2.75, 3.05) is 5.32 Å². The molecule has 1 atom stereocenters. The predicted octanol–water partition coefficient (Wildman–Crippen LogP) is 5.40. The molecule has 160 valence electrons. The van der Waals surface area contributed by atoms with Gasteiger partial charge in [-0.15, -0.1) is 0 Å². The average Bonchev–Trinajstić information content (AvgIpc) is 3.22. The van der Waals surface area contributed by atoms with Crippen molar-refractivity contribution in [2.24, 2.45) is 0 Å². The average molecular weight is 434 g/mol. The molecule has 0 radical (unpaired) electrons. The first-order valence-corrected chi connectivity index (χ1v) is 10.1. The van der Waals surface area contributed by atoms with Crippen molar-refractivity contribution in [1.29, 1.82) is 5.26 Å². The highest BCUT2D eigenvalue weighted by Gasteiger charge is 2.32. The Kier molecular flexibility index (Phi) is 4.78. The summed E-state index contributed by atoms with van der Waals surface area (Å²) in [6.07, 6.45) is 2.09. The molecule has 5 rings (SSSR count). The zero-order valence-electron chi connectivity index (χ0n) is 16.7. The van der Waals surface area contributed by atoms with Crippen molar-refractivity contribution in [3.8, 4) is 17.3 Å². The topological polar surface area (TPSA) is 90.3 Å². The van der Waals surface area contributed by atoms with Crippen LogP contribution in [0.4, 0.5) is 19.1 Å². The summed E-state index contributed by atoms with van der Waals surface area (Å²) in [5.41, 5.74) is 2.65. The highest BCUT2D eigenvalue weighted by molar-refractivity contribution is 5.94. The number of aryl methyl sites for hydroxylation is 1. The van der Waals surface area contributed by atoms with Crippen LogP contribution in [0.15, 0.2) is 48.9 Å². The first kappa shape index (κ1) is 20.0. The molecule has 0 aliphatic heterocycles. The number of nitriles is 1. The van der Waals surface area contributed by atoms with Crippen molar-refractivity contribution in [1.82, 2.24) is 19.9 Å². The maximum atomic E-state index is 13.2. The molecule has 1 aromatic carbocycles. The van der Waals surface area contributed by atoms with Gasteiger partial charge in [0.15, 0.2) is 0 Å². The van der Waals surface area contributed by atoms with Crippen molar-refractivity contribution >= 4 is 17.0 Å². The van der Waals surface area contributed by atoms with Gasteiger partial charge < -0.3 is 10.3 Å². The molecule has 6 nitrogen and oxygen atoms in total. The highest BCUT2D eigenvalue weighted by Crippen LogP contribution is 2.36. The monoisotopic (exact) mass is 434 g/mol. The zero-order chi connectivity index (χ0) is 22.3. The Labute approximate surface area is 181 Å². The Balaban J connectivity index is 1.56. The standard InChI is InChI=1S/C23H17F3N6/c24-23(25,26)15-8-17-18(12-29-21(17)28-11-15)20-14(9-27)10-30-22(32-20)31-19-7-3-5-13-4-1-2-6-16(13)19/h1-2,4,6,8,10-12,19H,3,5,7H2,(H,28,29)(H,30,31,32). The summed E-state index contributed by atoms with van der Waals surface area (Å²) < 4.78 is 39.6. The van der Waals surface area contributed by atoms with Crippen LogP contribution in [0.1, 0.15) is 41.1 Å². The molecule has 32 heavy (non-hydrogen) atoms. The fourth-order valence-electron chi connectivity index (χ4n) is 4.15. The second-order valence-electron chi connectivity index (χ2n) is 7.68. The van der Waals surface area contributed by atoms with E-state index in [1.54, 1.807) is 0 Å². The van der Waals surface area contributed by atoms with Crippen molar-refractivity contribution in [2.45, 2.75) is 31.5 Å². The molecular weight excluding hydrogens is 417 g/mol. The van der Waals surface area contributed by atoms with Gasteiger partial charge in [-0.25, -0.2) is 15.0 Å². The van der Waals surface area contributed by atoms with E-state index in [4.69, 9.17) is 0 Å². The largest absolute Gasteiger partial charge is 0.417 e. The second kappa shape index (κ2) is 7.64. The van der Waals surface area contributed by atoms with Crippen molar-refractivity contribution < 1.29 is 13.2 Å². The highest BCUT2D eigenvalue weighted by atomic mass is 19.4. The van der Waals surface area contributed by atoms with Gasteiger partial charge in [0.05, 0.1) is 29.1 Å². The number of fused-ring (bicyclic) bond motifs is 2. The molecule has 0 fully saturated rings. The quantitative estimate of drug-likeness (QED) is 0.451. The lowest BCUT2D eigenvalue weighted by atomic mass is 9.88. The fraction of sp³-hybridized carbons (Fsp3) is 0.217. The molecule has 2 N–H and O–H groups in total. The molecule has 4 aromatic rings. The fourth-order valence-corrected chi connectivity index (χ4v) is 4.15. The minimum absolute atomic E-state index is 0.0159. The van der Waals surface area contributed by atoms with Gasteiger partial charge in [-0.2, -0.15) is 18.4 Å². The van der Waals surface area contributed by atoms with Crippen LogP contribution in [0.3, 0.4) is 0 Å². The summed E-state index contributed by atoms with van der Waals surface area (Å²) in [6, 6.07) is 11.2. The molecule has 0 bridgehead atoms. The second-order valence-corrected chi connectivity index (χ2v) is 7.68. The molecule has 3 heterocycles. The Morgan fingerprint density at radius 2 is 2.00 bits per heavy atom. The van der Waals surface area contributed by atoms with Gasteiger partial charge in [0.1, 0.15) is 11.7 Å². The first-order valence-electron chi connectivity index (χ1n) is 10.1. The first-order chi connectivity index (χ1) is 15.4. The Hall–Kier alpha value is -3.93. The number of alkyl halides is 3. The smallest absolute Gasteiger partial charge is 0.347 e. The number of aromatic nitrogens is 4. The third kappa shape index (κ3) is 3.54. The number of aromatic amines is 1. The van der Waals surface area contributed by atoms with E-state index < -0.39 is 11.7 Å². The maximum absolute atomic E-state index is 13.2. The molecular formula is C23H17F3N6. The number of H-pyrrole nitrogens is 1. The third-order valence-corrected chi connectivity index (χ3v) is 5.70. The lowest BCUT2D eigenvalue weighted by Gasteiger charge is -2.26. The molecule has 1 aliphatic rings. The number of anilines is 1. The van der Waals surface area contributed by atoms with Crippen LogP contribution in [0.5, 0.6) is 0 Å². The lowest BCUT2D eigenvalue weighted by molar-refractivity contribution is -0.137. The third-order valence-electron chi connectivity index (χ3n) is 5.70. The number of nitrogens with one attached hydrogen (secondary N) is 2. The SMILES string of the molecule is N#Cc1cnc(NC2CCCc3ccccc32)nc1-c1c[nH]c2ncc(C(F)(F)F)cc12. The van der Waals surface area contributed by atoms with E-state index in [-0.39, 0.29) is 28.3 Å². The van der Waals surface area contributed by atoms with Crippen LogP contribution in [0.2, 0.25) is 0 Å². The van der Waals surface area contributed by atoms with E-state index in [9.17, 15) is 18.4 Å². The summed E-state index contributed by atoms with van der Waals surface area (Å²) >= 11 is 0. The number of halogens is 3. The number of benzene rings is 1. The van der Waals surface area contributed by atoms with E-state index in [1.165, 1.54) is 23.5 Å². The summed E-state index contributed by atoms with van der Waals surface area (Å²) in [7, 11) is 0. The lowest BCUT2D eigenvalue weighted by Crippen LogP contribution is -2.18. The van der Waals surface area contributed by atoms with Gasteiger partial charge in [-0.3, -0.25) is 0 Å². The van der Waals surface area contributed by atoms with Crippen LogP contribution in [-0.4, -0.2) is 19.9 Å². The van der Waals surface area contributed by atoms with E-state index >= 15 is 0 Å². The van der Waals surface area contributed by atoms with E-state index in [0.29, 0.717) is 11.5 Å². The number of nitrogens with zero attached hydrogens (tertiary/aromatic N) is 4. The maximum Gasteiger partial charge on any atom is 0.417 e. The molecule has 3 aromatic heterocycles. The minimum atomic E-state index is -4.53. The van der Waals surface area contributed by atoms with Crippen LogP contribution in [0, 0.1) is 11.3 Å². The van der Waals surface area contributed by atoms with E-state index in [2.05, 4.69) is 37.4 Å². The zero-order valence-corrected chi connectivity index (χ0v) is 16.7. The molecule has 9 heteroatoms. The number of hydrogen-bond acceptors (Lipinski definition) is 5. The molecule has 0 saturated carbocycles. The minimum Gasteiger partial charge on any atom is -0.347 e. The number of pyridine rings is 1. The molecule has 0 saturated heterocycles. The summed E-state index contributed by atoms with van der Waals surface area (Å²) in [6.45, 7) is 0. The van der Waals surface area contributed by atoms with Gasteiger partial charge in [0.2, 0.25) is 5.95 Å². The predicted molar refractivity (Wildman–Crippen MR) is 113 cm³/mol. The summed E-state index contributed by atoms with van der Waals surface area (Å²) in [4.78, 5) is 15.5. The summed E-state index contributed by atoms with van der Waals surface area (Å²) in [5.74, 6) is 0.315. The van der Waals surface area contributed by atoms with Crippen molar-refractivity contribution in [3.05, 3.63) is 71.2 Å². The molecule has 1 aliphatic carbocycles. The Morgan fingerprint density at radius 1 is 1.16 bits per heavy atom. The van der Waals surface area contributed by atoms with Gasteiger partial charge >= 0.3 is 6.18 Å². The molecule has 0 spiro atoms. The number of rotatable bonds is 3. The van der Waals surface area contributed by atoms with Gasteiger partial charge in [0.25, 0.3) is 0 Å². The van der Waals surface area contributed by atoms with Gasteiger partial charge in [0, 0.05) is 23.3 Å². The van der Waals surface area contributed by atoms with Crippen LogP contribution in [0.25, 0.3) is 22.3 Å². The molecule has 1 unspecified atom stereocenters.